The number of hydrogen-bond acceptors (Lipinski definition) is 6. The summed E-state index contributed by atoms with van der Waals surface area (Å²) < 4.78 is 16.7. The molecule has 1 aliphatic heterocycles. The highest BCUT2D eigenvalue weighted by Gasteiger charge is 2.29. The van der Waals surface area contributed by atoms with E-state index in [4.69, 9.17) is 19.4 Å². The van der Waals surface area contributed by atoms with E-state index in [1.807, 2.05) is 54.0 Å². The summed E-state index contributed by atoms with van der Waals surface area (Å²) in [6.45, 7) is 0. The molecule has 0 aliphatic carbocycles. The Bertz CT molecular complexity index is 676. The van der Waals surface area contributed by atoms with Crippen molar-refractivity contribution in [3.05, 3.63) is 59.7 Å². The summed E-state index contributed by atoms with van der Waals surface area (Å²) in [5, 5.41) is 18.9. The van der Waals surface area contributed by atoms with Crippen molar-refractivity contribution in [3.63, 3.8) is 0 Å². The third-order valence-corrected chi connectivity index (χ3v) is 4.20. The normalized spacial score (nSPS) is 23.2. The zero-order valence-electron chi connectivity index (χ0n) is 14.1. The summed E-state index contributed by atoms with van der Waals surface area (Å²) in [4.78, 5) is 0. The monoisotopic (exact) mass is 345 g/mol. The van der Waals surface area contributed by atoms with Gasteiger partial charge in [0.25, 0.3) is 0 Å². The van der Waals surface area contributed by atoms with Gasteiger partial charge in [0.1, 0.15) is 17.7 Å². The van der Waals surface area contributed by atoms with Crippen molar-refractivity contribution in [2.24, 2.45) is 0 Å². The SMILES string of the molecule is COc1ccc(Cc2ccccc2O[C@H]2C[C@@H](O)C[C@@H](NO)O2)cc1. The molecule has 0 bridgehead atoms. The summed E-state index contributed by atoms with van der Waals surface area (Å²) in [5.74, 6) is 1.52. The molecule has 3 rings (SSSR count). The first-order valence-electron chi connectivity index (χ1n) is 8.28. The van der Waals surface area contributed by atoms with Gasteiger partial charge in [0.15, 0.2) is 0 Å². The molecule has 0 unspecified atom stereocenters. The minimum Gasteiger partial charge on any atom is -0.497 e. The van der Waals surface area contributed by atoms with Crippen LogP contribution < -0.4 is 15.0 Å². The molecule has 3 atom stereocenters. The maximum Gasteiger partial charge on any atom is 0.204 e. The topological polar surface area (TPSA) is 80.2 Å². The van der Waals surface area contributed by atoms with Gasteiger partial charge in [-0.2, -0.15) is 5.48 Å². The Kier molecular flexibility index (Phi) is 5.88. The van der Waals surface area contributed by atoms with Crippen molar-refractivity contribution >= 4 is 0 Å². The van der Waals surface area contributed by atoms with Gasteiger partial charge in [-0.1, -0.05) is 30.3 Å². The average molecular weight is 345 g/mol. The third kappa shape index (κ3) is 4.70. The number of para-hydroxylation sites is 1. The third-order valence-electron chi connectivity index (χ3n) is 4.20. The van der Waals surface area contributed by atoms with E-state index in [0.29, 0.717) is 25.0 Å². The second-order valence-corrected chi connectivity index (χ2v) is 6.06. The predicted molar refractivity (Wildman–Crippen MR) is 91.7 cm³/mol. The van der Waals surface area contributed by atoms with Crippen LogP contribution in [0.2, 0.25) is 0 Å². The zero-order chi connectivity index (χ0) is 17.6. The summed E-state index contributed by atoms with van der Waals surface area (Å²) >= 11 is 0. The number of nitrogens with one attached hydrogen (secondary N) is 1. The summed E-state index contributed by atoms with van der Waals surface area (Å²) in [7, 11) is 1.64. The maximum atomic E-state index is 9.89. The molecule has 0 saturated carbocycles. The van der Waals surface area contributed by atoms with Crippen LogP contribution in [-0.4, -0.2) is 36.0 Å². The molecule has 3 N–H and O–H groups in total. The highest BCUT2D eigenvalue weighted by atomic mass is 16.7. The van der Waals surface area contributed by atoms with Crippen LogP contribution in [-0.2, 0) is 11.2 Å². The smallest absolute Gasteiger partial charge is 0.204 e. The number of hydrogen-bond donors (Lipinski definition) is 3. The van der Waals surface area contributed by atoms with Crippen molar-refractivity contribution in [2.75, 3.05) is 7.11 Å². The second-order valence-electron chi connectivity index (χ2n) is 6.06. The van der Waals surface area contributed by atoms with Gasteiger partial charge < -0.3 is 24.5 Å². The van der Waals surface area contributed by atoms with E-state index in [2.05, 4.69) is 0 Å². The first-order valence-corrected chi connectivity index (χ1v) is 8.28. The Morgan fingerprint density at radius 3 is 2.60 bits per heavy atom. The molecule has 134 valence electrons. The molecule has 2 aromatic rings. The van der Waals surface area contributed by atoms with Gasteiger partial charge >= 0.3 is 0 Å². The fourth-order valence-corrected chi connectivity index (χ4v) is 2.89. The van der Waals surface area contributed by atoms with Crippen LogP contribution in [0.25, 0.3) is 0 Å². The van der Waals surface area contributed by atoms with Crippen LogP contribution in [0.3, 0.4) is 0 Å². The van der Waals surface area contributed by atoms with Crippen molar-refractivity contribution in [1.82, 2.24) is 5.48 Å². The molecule has 6 heteroatoms. The Labute approximate surface area is 146 Å². The van der Waals surface area contributed by atoms with E-state index < -0.39 is 18.6 Å². The number of rotatable bonds is 6. The molecule has 25 heavy (non-hydrogen) atoms. The van der Waals surface area contributed by atoms with Crippen LogP contribution in [0.5, 0.6) is 11.5 Å². The second kappa shape index (κ2) is 8.31. The van der Waals surface area contributed by atoms with Gasteiger partial charge in [0.2, 0.25) is 6.29 Å². The zero-order valence-corrected chi connectivity index (χ0v) is 14.1. The van der Waals surface area contributed by atoms with E-state index in [-0.39, 0.29) is 0 Å². The van der Waals surface area contributed by atoms with Crippen molar-refractivity contribution in [1.29, 1.82) is 0 Å². The minimum atomic E-state index is -0.637. The van der Waals surface area contributed by atoms with Gasteiger partial charge in [0, 0.05) is 19.3 Å². The highest BCUT2D eigenvalue weighted by Crippen LogP contribution is 2.27. The van der Waals surface area contributed by atoms with Crippen molar-refractivity contribution in [2.45, 2.75) is 37.9 Å². The van der Waals surface area contributed by atoms with E-state index in [0.717, 1.165) is 16.9 Å². The van der Waals surface area contributed by atoms with Gasteiger partial charge in [-0.05, 0) is 29.3 Å². The predicted octanol–water partition coefficient (Wildman–Crippen LogP) is 2.47. The van der Waals surface area contributed by atoms with Crippen LogP contribution >= 0.6 is 0 Å². The standard InChI is InChI=1S/C19H23NO5/c1-23-16-8-6-13(7-9-16)10-14-4-2-3-5-17(14)24-19-12-15(21)11-18(20-22)25-19/h2-9,15,18-22H,10-12H2,1H3/t15-,18-,19+/m0/s1. The lowest BCUT2D eigenvalue weighted by Crippen LogP contribution is -2.44. The summed E-state index contributed by atoms with van der Waals surface area (Å²) in [6.07, 6.45) is -0.458. The van der Waals surface area contributed by atoms with Gasteiger partial charge in [-0.15, -0.1) is 0 Å². The molecule has 0 aromatic heterocycles. The fourth-order valence-electron chi connectivity index (χ4n) is 2.89. The lowest BCUT2D eigenvalue weighted by molar-refractivity contribution is -0.208. The molecular weight excluding hydrogens is 322 g/mol. The molecule has 2 aromatic carbocycles. The average Bonchev–Trinajstić information content (AvgIpc) is 2.63. The minimum absolute atomic E-state index is 0.323. The first-order chi connectivity index (χ1) is 12.2. The number of aliphatic hydroxyl groups excluding tert-OH is 1. The largest absolute Gasteiger partial charge is 0.497 e. The molecular formula is C19H23NO5. The molecule has 1 fully saturated rings. The fraction of sp³-hybridized carbons (Fsp3) is 0.368. The number of benzene rings is 2. The number of aliphatic hydroxyl groups is 1. The molecule has 0 amide bonds. The quantitative estimate of drug-likeness (QED) is 0.698. The van der Waals surface area contributed by atoms with Crippen molar-refractivity contribution in [3.8, 4) is 11.5 Å². The Hall–Kier alpha value is -2.12. The number of methoxy groups -OCH3 is 1. The molecule has 0 spiro atoms. The highest BCUT2D eigenvalue weighted by molar-refractivity contribution is 5.39. The lowest BCUT2D eigenvalue weighted by Gasteiger charge is -2.32. The molecule has 1 heterocycles. The van der Waals surface area contributed by atoms with E-state index in [9.17, 15) is 5.11 Å². The van der Waals surface area contributed by atoms with Crippen LogP contribution in [0.4, 0.5) is 0 Å². The first kappa shape index (κ1) is 17.7. The molecule has 6 nitrogen and oxygen atoms in total. The van der Waals surface area contributed by atoms with Crippen LogP contribution in [0.1, 0.15) is 24.0 Å². The van der Waals surface area contributed by atoms with Crippen LogP contribution in [0, 0.1) is 0 Å². The van der Waals surface area contributed by atoms with Gasteiger partial charge in [-0.25, -0.2) is 0 Å². The lowest BCUT2D eigenvalue weighted by atomic mass is 10.0. The van der Waals surface area contributed by atoms with E-state index in [1.165, 1.54) is 0 Å². The van der Waals surface area contributed by atoms with Gasteiger partial charge in [0.05, 0.1) is 13.2 Å². The maximum absolute atomic E-state index is 9.89. The van der Waals surface area contributed by atoms with E-state index in [1.54, 1.807) is 7.11 Å². The Morgan fingerprint density at radius 1 is 1.12 bits per heavy atom. The molecule has 1 saturated heterocycles. The van der Waals surface area contributed by atoms with E-state index >= 15 is 0 Å². The summed E-state index contributed by atoms with van der Waals surface area (Å²) in [5.41, 5.74) is 4.20. The molecule has 1 aliphatic rings. The van der Waals surface area contributed by atoms with Crippen molar-refractivity contribution < 1.29 is 24.5 Å². The van der Waals surface area contributed by atoms with Gasteiger partial charge in [-0.3, -0.25) is 0 Å². The van der Waals surface area contributed by atoms with Crippen LogP contribution in [0.15, 0.2) is 48.5 Å². The number of ether oxygens (including phenoxy) is 3. The summed E-state index contributed by atoms with van der Waals surface area (Å²) in [6, 6.07) is 15.6. The number of hydroxylamine groups is 1. The Morgan fingerprint density at radius 2 is 1.88 bits per heavy atom. The Balaban J connectivity index is 1.71. The molecule has 0 radical (unpaired) electrons.